The first-order valence-electron chi connectivity index (χ1n) is 7.92. The van der Waals surface area contributed by atoms with Gasteiger partial charge in [-0.2, -0.15) is 0 Å². The third-order valence-electron chi connectivity index (χ3n) is 4.20. The zero-order valence-electron chi connectivity index (χ0n) is 14.6. The second-order valence-electron chi connectivity index (χ2n) is 5.94. The minimum absolute atomic E-state index is 0.0550. The predicted octanol–water partition coefficient (Wildman–Crippen LogP) is 3.28. The molecule has 24 heavy (non-hydrogen) atoms. The lowest BCUT2D eigenvalue weighted by Gasteiger charge is -2.24. The summed E-state index contributed by atoms with van der Waals surface area (Å²) in [5.74, 6) is 0.608. The number of amides is 1. The minimum atomic E-state index is -0.501. The quantitative estimate of drug-likeness (QED) is 0.766. The lowest BCUT2D eigenvalue weighted by atomic mass is 10.0. The molecule has 0 saturated heterocycles. The molecule has 0 heterocycles. The number of benzene rings is 2. The summed E-state index contributed by atoms with van der Waals surface area (Å²) in [7, 11) is 3.27. The van der Waals surface area contributed by atoms with Crippen LogP contribution in [-0.2, 0) is 11.2 Å². The SMILES string of the molecule is COc1ccc(CC(=O)N(C)C(C)C(=O)c2ccc(C)cc2)cc1. The number of hydrogen-bond acceptors (Lipinski definition) is 3. The fourth-order valence-corrected chi connectivity index (χ4v) is 2.39. The molecule has 2 rings (SSSR count). The van der Waals surface area contributed by atoms with Crippen LogP contribution in [0.1, 0.15) is 28.4 Å². The normalized spacial score (nSPS) is 11.7. The molecule has 0 fully saturated rings. The molecule has 1 amide bonds. The van der Waals surface area contributed by atoms with Gasteiger partial charge in [0.25, 0.3) is 0 Å². The first kappa shape index (κ1) is 17.7. The van der Waals surface area contributed by atoms with E-state index in [1.165, 1.54) is 4.90 Å². The Morgan fingerprint density at radius 1 is 1.04 bits per heavy atom. The van der Waals surface area contributed by atoms with Gasteiger partial charge in [0.1, 0.15) is 5.75 Å². The molecule has 2 aromatic carbocycles. The molecule has 4 nitrogen and oxygen atoms in total. The van der Waals surface area contributed by atoms with Crippen molar-refractivity contribution < 1.29 is 14.3 Å². The van der Waals surface area contributed by atoms with E-state index in [-0.39, 0.29) is 18.1 Å². The van der Waals surface area contributed by atoms with Gasteiger partial charge in [-0.15, -0.1) is 0 Å². The molecule has 2 aromatic rings. The van der Waals surface area contributed by atoms with E-state index in [4.69, 9.17) is 4.74 Å². The van der Waals surface area contributed by atoms with Gasteiger partial charge in [0.2, 0.25) is 5.91 Å². The Bertz CT molecular complexity index is 705. The number of carbonyl (C=O) groups excluding carboxylic acids is 2. The summed E-state index contributed by atoms with van der Waals surface area (Å²) in [6.07, 6.45) is 0.256. The van der Waals surface area contributed by atoms with Crippen LogP contribution < -0.4 is 4.74 Å². The van der Waals surface area contributed by atoms with Crippen molar-refractivity contribution in [1.82, 2.24) is 4.90 Å². The highest BCUT2D eigenvalue weighted by Gasteiger charge is 2.23. The van der Waals surface area contributed by atoms with Gasteiger partial charge in [-0.3, -0.25) is 9.59 Å². The van der Waals surface area contributed by atoms with Crippen LogP contribution in [0.2, 0.25) is 0 Å². The number of ketones is 1. The summed E-state index contributed by atoms with van der Waals surface area (Å²) < 4.78 is 5.11. The highest BCUT2D eigenvalue weighted by atomic mass is 16.5. The summed E-state index contributed by atoms with van der Waals surface area (Å²) in [6.45, 7) is 3.73. The molecule has 126 valence electrons. The highest BCUT2D eigenvalue weighted by molar-refractivity contribution is 6.01. The zero-order valence-corrected chi connectivity index (χ0v) is 14.6. The second kappa shape index (κ2) is 7.77. The number of nitrogens with zero attached hydrogens (tertiary/aromatic N) is 1. The molecule has 0 radical (unpaired) electrons. The van der Waals surface area contributed by atoms with Gasteiger partial charge < -0.3 is 9.64 Å². The number of Topliss-reactive ketones (excluding diaryl/α,β-unsaturated/α-hetero) is 1. The van der Waals surface area contributed by atoms with Crippen LogP contribution in [0.25, 0.3) is 0 Å². The molecule has 1 atom stereocenters. The van der Waals surface area contributed by atoms with E-state index in [0.29, 0.717) is 5.56 Å². The highest BCUT2D eigenvalue weighted by Crippen LogP contribution is 2.14. The molecule has 0 aromatic heterocycles. The summed E-state index contributed by atoms with van der Waals surface area (Å²) in [5.41, 5.74) is 2.61. The zero-order chi connectivity index (χ0) is 17.7. The minimum Gasteiger partial charge on any atom is -0.497 e. The summed E-state index contributed by atoms with van der Waals surface area (Å²) in [5, 5.41) is 0. The number of rotatable bonds is 6. The van der Waals surface area contributed by atoms with E-state index in [9.17, 15) is 9.59 Å². The molecule has 0 N–H and O–H groups in total. The lowest BCUT2D eigenvalue weighted by molar-refractivity contribution is -0.130. The molecule has 0 aliphatic carbocycles. The van der Waals surface area contributed by atoms with Crippen molar-refractivity contribution in [1.29, 1.82) is 0 Å². The van der Waals surface area contributed by atoms with Crippen LogP contribution in [0, 0.1) is 6.92 Å². The Balaban J connectivity index is 2.02. The van der Waals surface area contributed by atoms with Crippen LogP contribution in [0.4, 0.5) is 0 Å². The van der Waals surface area contributed by atoms with Crippen molar-refractivity contribution in [3.8, 4) is 5.75 Å². The Morgan fingerprint density at radius 3 is 2.17 bits per heavy atom. The number of hydrogen-bond donors (Lipinski definition) is 0. The Hall–Kier alpha value is -2.62. The fourth-order valence-electron chi connectivity index (χ4n) is 2.39. The first-order chi connectivity index (χ1) is 11.4. The van der Waals surface area contributed by atoms with Gasteiger partial charge in [0.15, 0.2) is 5.78 Å². The summed E-state index contributed by atoms with van der Waals surface area (Å²) in [4.78, 5) is 26.5. The number of ether oxygens (including phenoxy) is 1. The molecule has 0 aliphatic rings. The smallest absolute Gasteiger partial charge is 0.227 e. The average Bonchev–Trinajstić information content (AvgIpc) is 2.61. The Kier molecular flexibility index (Phi) is 5.74. The van der Waals surface area contributed by atoms with Crippen LogP contribution in [0.5, 0.6) is 5.75 Å². The monoisotopic (exact) mass is 325 g/mol. The molecule has 1 unspecified atom stereocenters. The van der Waals surface area contributed by atoms with E-state index in [0.717, 1.165) is 16.9 Å². The maximum atomic E-state index is 12.5. The number of aryl methyl sites for hydroxylation is 1. The average molecular weight is 325 g/mol. The molecule has 4 heteroatoms. The van der Waals surface area contributed by atoms with Crippen LogP contribution in [0.15, 0.2) is 48.5 Å². The lowest BCUT2D eigenvalue weighted by Crippen LogP contribution is -2.41. The van der Waals surface area contributed by atoms with Crippen molar-refractivity contribution in [2.75, 3.05) is 14.2 Å². The molecular weight excluding hydrogens is 302 g/mol. The van der Waals surface area contributed by atoms with Gasteiger partial charge in [-0.05, 0) is 31.5 Å². The molecule has 0 saturated carbocycles. The van der Waals surface area contributed by atoms with Gasteiger partial charge in [0, 0.05) is 12.6 Å². The largest absolute Gasteiger partial charge is 0.497 e. The Labute approximate surface area is 143 Å². The van der Waals surface area contributed by atoms with Crippen LogP contribution >= 0.6 is 0 Å². The van der Waals surface area contributed by atoms with Gasteiger partial charge in [-0.25, -0.2) is 0 Å². The van der Waals surface area contributed by atoms with Crippen molar-refractivity contribution in [3.63, 3.8) is 0 Å². The fraction of sp³-hybridized carbons (Fsp3) is 0.300. The number of methoxy groups -OCH3 is 1. The first-order valence-corrected chi connectivity index (χ1v) is 7.92. The molecule has 0 aliphatic heterocycles. The number of carbonyl (C=O) groups is 2. The molecular formula is C20H23NO3. The third-order valence-corrected chi connectivity index (χ3v) is 4.20. The third kappa shape index (κ3) is 4.22. The maximum Gasteiger partial charge on any atom is 0.227 e. The summed E-state index contributed by atoms with van der Waals surface area (Å²) >= 11 is 0. The van der Waals surface area contributed by atoms with Gasteiger partial charge in [-0.1, -0.05) is 42.0 Å². The van der Waals surface area contributed by atoms with E-state index in [1.54, 1.807) is 33.2 Å². The number of likely N-dealkylation sites (N-methyl/N-ethyl adjacent to an activating group) is 1. The standard InChI is InChI=1S/C20H23NO3/c1-14-5-9-17(10-6-14)20(23)15(2)21(3)19(22)13-16-7-11-18(24-4)12-8-16/h5-12,15H,13H2,1-4H3. The van der Waals surface area contributed by atoms with Crippen molar-refractivity contribution >= 4 is 11.7 Å². The van der Waals surface area contributed by atoms with Crippen molar-refractivity contribution in [3.05, 3.63) is 65.2 Å². The molecule has 0 spiro atoms. The van der Waals surface area contributed by atoms with Gasteiger partial charge in [0.05, 0.1) is 19.6 Å². The van der Waals surface area contributed by atoms with Crippen molar-refractivity contribution in [2.45, 2.75) is 26.3 Å². The van der Waals surface area contributed by atoms with Gasteiger partial charge >= 0.3 is 0 Å². The van der Waals surface area contributed by atoms with Crippen LogP contribution in [-0.4, -0.2) is 36.8 Å². The van der Waals surface area contributed by atoms with E-state index in [1.807, 2.05) is 43.3 Å². The molecule has 0 bridgehead atoms. The topological polar surface area (TPSA) is 46.6 Å². The van der Waals surface area contributed by atoms with Crippen LogP contribution in [0.3, 0.4) is 0 Å². The maximum absolute atomic E-state index is 12.5. The predicted molar refractivity (Wildman–Crippen MR) is 94.4 cm³/mol. The summed E-state index contributed by atoms with van der Waals surface area (Å²) in [6, 6.07) is 14.3. The second-order valence-corrected chi connectivity index (χ2v) is 5.94. The van der Waals surface area contributed by atoms with E-state index in [2.05, 4.69) is 0 Å². The van der Waals surface area contributed by atoms with E-state index < -0.39 is 6.04 Å². The van der Waals surface area contributed by atoms with E-state index >= 15 is 0 Å². The Morgan fingerprint density at radius 2 is 1.62 bits per heavy atom. The van der Waals surface area contributed by atoms with Crippen molar-refractivity contribution in [2.24, 2.45) is 0 Å².